The van der Waals surface area contributed by atoms with E-state index in [0.29, 0.717) is 11.7 Å². The van der Waals surface area contributed by atoms with Crippen molar-refractivity contribution in [2.45, 2.75) is 13.3 Å². The van der Waals surface area contributed by atoms with E-state index < -0.39 is 0 Å². The highest BCUT2D eigenvalue weighted by atomic mass is 19.1. The van der Waals surface area contributed by atoms with Crippen LogP contribution in [0.15, 0.2) is 18.2 Å². The summed E-state index contributed by atoms with van der Waals surface area (Å²) in [5.41, 5.74) is 0.951. The SMILES string of the molecule is CCNCC1CCN(c2ccc(OC)c(F)c2)C1. The zero-order valence-corrected chi connectivity index (χ0v) is 11.1. The molecule has 0 saturated carbocycles. The van der Waals surface area contributed by atoms with Gasteiger partial charge in [-0.2, -0.15) is 0 Å². The normalized spacial score (nSPS) is 19.3. The van der Waals surface area contributed by atoms with Crippen molar-refractivity contribution in [3.63, 3.8) is 0 Å². The Morgan fingerprint density at radius 3 is 3.00 bits per heavy atom. The van der Waals surface area contributed by atoms with Crippen LogP contribution in [0.4, 0.5) is 10.1 Å². The van der Waals surface area contributed by atoms with Crippen molar-refractivity contribution >= 4 is 5.69 Å². The van der Waals surface area contributed by atoms with Gasteiger partial charge < -0.3 is 15.0 Å². The van der Waals surface area contributed by atoms with Gasteiger partial charge in [-0.15, -0.1) is 0 Å². The smallest absolute Gasteiger partial charge is 0.167 e. The minimum Gasteiger partial charge on any atom is -0.494 e. The quantitative estimate of drug-likeness (QED) is 0.870. The molecule has 1 aromatic rings. The average molecular weight is 252 g/mol. The summed E-state index contributed by atoms with van der Waals surface area (Å²) in [6, 6.07) is 5.19. The molecule has 1 aromatic carbocycles. The first-order chi connectivity index (χ1) is 8.74. The minimum absolute atomic E-state index is 0.287. The van der Waals surface area contributed by atoms with Gasteiger partial charge in [0.25, 0.3) is 0 Å². The molecule has 0 bridgehead atoms. The van der Waals surface area contributed by atoms with Gasteiger partial charge in [0.15, 0.2) is 11.6 Å². The van der Waals surface area contributed by atoms with Crippen LogP contribution in [0.2, 0.25) is 0 Å². The summed E-state index contributed by atoms with van der Waals surface area (Å²) in [5, 5.41) is 3.37. The Kier molecular flexibility index (Phi) is 4.42. The topological polar surface area (TPSA) is 24.5 Å². The number of benzene rings is 1. The Balaban J connectivity index is 1.98. The summed E-state index contributed by atoms with van der Waals surface area (Å²) in [4.78, 5) is 2.24. The first-order valence-electron chi connectivity index (χ1n) is 6.53. The molecule has 1 saturated heterocycles. The Hall–Kier alpha value is -1.29. The van der Waals surface area contributed by atoms with E-state index in [-0.39, 0.29) is 5.82 Å². The van der Waals surface area contributed by atoms with Crippen LogP contribution in [0.3, 0.4) is 0 Å². The van der Waals surface area contributed by atoms with Crippen LogP contribution < -0.4 is 15.0 Å². The molecule has 0 aliphatic carbocycles. The number of hydrogen-bond acceptors (Lipinski definition) is 3. The second-order valence-corrected chi connectivity index (χ2v) is 4.73. The van der Waals surface area contributed by atoms with E-state index in [1.54, 1.807) is 12.1 Å². The number of rotatable bonds is 5. The predicted molar refractivity (Wildman–Crippen MR) is 71.8 cm³/mol. The minimum atomic E-state index is -0.287. The van der Waals surface area contributed by atoms with E-state index in [1.165, 1.54) is 13.5 Å². The summed E-state index contributed by atoms with van der Waals surface area (Å²) < 4.78 is 18.6. The average Bonchev–Trinajstić information content (AvgIpc) is 2.85. The van der Waals surface area contributed by atoms with E-state index in [9.17, 15) is 4.39 Å². The zero-order chi connectivity index (χ0) is 13.0. The molecule has 4 heteroatoms. The second-order valence-electron chi connectivity index (χ2n) is 4.73. The number of ether oxygens (including phenoxy) is 1. The Morgan fingerprint density at radius 1 is 1.50 bits per heavy atom. The molecule has 1 heterocycles. The van der Waals surface area contributed by atoms with Gasteiger partial charge in [-0.1, -0.05) is 6.92 Å². The molecule has 0 aromatic heterocycles. The summed E-state index contributed by atoms with van der Waals surface area (Å²) in [6.07, 6.45) is 1.17. The molecule has 100 valence electrons. The molecule has 0 radical (unpaired) electrons. The van der Waals surface area contributed by atoms with E-state index >= 15 is 0 Å². The zero-order valence-electron chi connectivity index (χ0n) is 11.1. The van der Waals surface area contributed by atoms with Gasteiger partial charge in [-0.05, 0) is 37.6 Å². The molecule has 1 aliphatic heterocycles. The lowest BCUT2D eigenvalue weighted by Crippen LogP contribution is -2.26. The summed E-state index contributed by atoms with van der Waals surface area (Å²) in [5.74, 6) is 0.683. The fraction of sp³-hybridized carbons (Fsp3) is 0.571. The van der Waals surface area contributed by atoms with Crippen LogP contribution in [0.5, 0.6) is 5.75 Å². The lowest BCUT2D eigenvalue weighted by molar-refractivity contribution is 0.386. The Labute approximate surface area is 108 Å². The molecule has 1 N–H and O–H groups in total. The monoisotopic (exact) mass is 252 g/mol. The molecule has 1 aliphatic rings. The van der Waals surface area contributed by atoms with Crippen molar-refractivity contribution < 1.29 is 9.13 Å². The maximum absolute atomic E-state index is 13.6. The lowest BCUT2D eigenvalue weighted by atomic mass is 10.1. The van der Waals surface area contributed by atoms with Crippen LogP contribution in [0.1, 0.15) is 13.3 Å². The van der Waals surface area contributed by atoms with Gasteiger partial charge in [0.1, 0.15) is 0 Å². The van der Waals surface area contributed by atoms with Gasteiger partial charge in [-0.3, -0.25) is 0 Å². The number of hydrogen-bond donors (Lipinski definition) is 1. The number of nitrogens with one attached hydrogen (secondary N) is 1. The van der Waals surface area contributed by atoms with E-state index in [2.05, 4.69) is 17.1 Å². The Bertz CT molecular complexity index is 397. The number of methoxy groups -OCH3 is 1. The molecular formula is C14H21FN2O. The molecule has 1 atom stereocenters. The third-order valence-electron chi connectivity index (χ3n) is 3.47. The molecule has 1 fully saturated rings. The molecular weight excluding hydrogens is 231 g/mol. The van der Waals surface area contributed by atoms with Crippen molar-refractivity contribution in [1.82, 2.24) is 5.32 Å². The van der Waals surface area contributed by atoms with Crippen LogP contribution in [0.25, 0.3) is 0 Å². The highest BCUT2D eigenvalue weighted by molar-refractivity contribution is 5.50. The van der Waals surface area contributed by atoms with Gasteiger partial charge in [-0.25, -0.2) is 4.39 Å². The Morgan fingerprint density at radius 2 is 2.33 bits per heavy atom. The van der Waals surface area contributed by atoms with Crippen LogP contribution in [-0.2, 0) is 0 Å². The van der Waals surface area contributed by atoms with Crippen molar-refractivity contribution in [2.75, 3.05) is 38.2 Å². The maximum atomic E-state index is 13.6. The molecule has 0 spiro atoms. The lowest BCUT2D eigenvalue weighted by Gasteiger charge is -2.19. The molecule has 2 rings (SSSR count). The van der Waals surface area contributed by atoms with Crippen LogP contribution in [-0.4, -0.2) is 33.3 Å². The van der Waals surface area contributed by atoms with Crippen molar-refractivity contribution in [3.8, 4) is 5.75 Å². The van der Waals surface area contributed by atoms with Gasteiger partial charge >= 0.3 is 0 Å². The van der Waals surface area contributed by atoms with Crippen molar-refractivity contribution in [1.29, 1.82) is 0 Å². The van der Waals surface area contributed by atoms with Crippen LogP contribution in [0, 0.1) is 11.7 Å². The largest absolute Gasteiger partial charge is 0.494 e. The summed E-state index contributed by atoms with van der Waals surface area (Å²) in [6.45, 7) is 6.17. The van der Waals surface area contributed by atoms with Gasteiger partial charge in [0.05, 0.1) is 7.11 Å². The number of halogens is 1. The van der Waals surface area contributed by atoms with E-state index in [4.69, 9.17) is 4.74 Å². The third-order valence-corrected chi connectivity index (χ3v) is 3.47. The number of anilines is 1. The molecule has 18 heavy (non-hydrogen) atoms. The standard InChI is InChI=1S/C14H21FN2O/c1-3-16-9-11-6-7-17(10-11)12-4-5-14(18-2)13(15)8-12/h4-5,8,11,16H,3,6-7,9-10H2,1-2H3. The maximum Gasteiger partial charge on any atom is 0.167 e. The fourth-order valence-corrected chi connectivity index (χ4v) is 2.43. The summed E-state index contributed by atoms with van der Waals surface area (Å²) in [7, 11) is 1.49. The fourth-order valence-electron chi connectivity index (χ4n) is 2.43. The van der Waals surface area contributed by atoms with Crippen LogP contribution >= 0.6 is 0 Å². The predicted octanol–water partition coefficient (Wildman–Crippen LogP) is 2.27. The molecule has 3 nitrogen and oxygen atoms in total. The van der Waals surface area contributed by atoms with E-state index in [1.807, 2.05) is 6.07 Å². The number of nitrogens with zero attached hydrogens (tertiary/aromatic N) is 1. The molecule has 1 unspecified atom stereocenters. The first-order valence-corrected chi connectivity index (χ1v) is 6.53. The highest BCUT2D eigenvalue weighted by Crippen LogP contribution is 2.27. The van der Waals surface area contributed by atoms with E-state index in [0.717, 1.165) is 31.9 Å². The van der Waals surface area contributed by atoms with Crippen molar-refractivity contribution in [3.05, 3.63) is 24.0 Å². The third kappa shape index (κ3) is 2.93. The van der Waals surface area contributed by atoms with Gasteiger partial charge in [0, 0.05) is 24.8 Å². The highest BCUT2D eigenvalue weighted by Gasteiger charge is 2.22. The van der Waals surface area contributed by atoms with Crippen molar-refractivity contribution in [2.24, 2.45) is 5.92 Å². The first kappa shape index (κ1) is 13.1. The summed E-state index contributed by atoms with van der Waals surface area (Å²) >= 11 is 0. The molecule has 0 amide bonds. The second kappa shape index (κ2) is 6.05. The van der Waals surface area contributed by atoms with Gasteiger partial charge in [0.2, 0.25) is 0 Å².